The minimum Gasteiger partial charge on any atom is -0.470 e. The lowest BCUT2D eigenvalue weighted by molar-refractivity contribution is 0.125. The number of piperidine rings is 1. The van der Waals surface area contributed by atoms with Crippen molar-refractivity contribution < 1.29 is 4.74 Å². The van der Waals surface area contributed by atoms with Crippen molar-refractivity contribution in [3.05, 3.63) is 12.1 Å². The lowest BCUT2D eigenvalue weighted by atomic mass is 10.0. The van der Waals surface area contributed by atoms with E-state index in [4.69, 9.17) is 10.5 Å². The zero-order chi connectivity index (χ0) is 14.0. The smallest absolute Gasteiger partial charge is 0.239 e. The van der Waals surface area contributed by atoms with E-state index in [1.54, 1.807) is 0 Å². The first-order chi connectivity index (χ1) is 8.87. The van der Waals surface area contributed by atoms with Crippen LogP contribution in [0.25, 0.3) is 0 Å². The van der Waals surface area contributed by atoms with E-state index in [9.17, 15) is 0 Å². The molecule has 1 atom stereocenters. The minimum atomic E-state index is -0.284. The fourth-order valence-electron chi connectivity index (χ4n) is 2.41. The quantitative estimate of drug-likeness (QED) is 0.890. The Labute approximate surface area is 116 Å². The molecule has 0 radical (unpaired) electrons. The van der Waals surface area contributed by atoms with Gasteiger partial charge in [0.15, 0.2) is 0 Å². The van der Waals surface area contributed by atoms with Gasteiger partial charge in [-0.15, -0.1) is 0 Å². The highest BCUT2D eigenvalue weighted by Crippen LogP contribution is 2.29. The Morgan fingerprint density at radius 3 is 2.68 bits per heavy atom. The van der Waals surface area contributed by atoms with Crippen molar-refractivity contribution in [2.24, 2.45) is 0 Å². The molecule has 1 saturated heterocycles. The molecule has 1 aromatic heterocycles. The fourth-order valence-corrected chi connectivity index (χ4v) is 2.41. The van der Waals surface area contributed by atoms with Crippen LogP contribution in [0.15, 0.2) is 12.1 Å². The van der Waals surface area contributed by atoms with Crippen LogP contribution in [0.1, 0.15) is 47.0 Å². The van der Waals surface area contributed by atoms with Crippen LogP contribution in [0.2, 0.25) is 0 Å². The first kappa shape index (κ1) is 14.0. The lowest BCUT2D eigenvalue weighted by Gasteiger charge is -2.34. The van der Waals surface area contributed by atoms with Gasteiger partial charge in [0.25, 0.3) is 0 Å². The van der Waals surface area contributed by atoms with E-state index < -0.39 is 0 Å². The SMILES string of the molecule is CC1CCCCN1c1ccc(N)c(OC(C)(C)C)n1. The van der Waals surface area contributed by atoms with Gasteiger partial charge in [-0.05, 0) is 59.1 Å². The Bertz CT molecular complexity index is 440. The van der Waals surface area contributed by atoms with Crippen molar-refractivity contribution in [2.75, 3.05) is 17.2 Å². The molecule has 2 heterocycles. The second-order valence-corrected chi connectivity index (χ2v) is 6.32. The number of nitrogens with two attached hydrogens (primary N) is 1. The van der Waals surface area contributed by atoms with E-state index in [1.807, 2.05) is 32.9 Å². The molecule has 2 rings (SSSR count). The van der Waals surface area contributed by atoms with Gasteiger partial charge in [0.05, 0.1) is 5.69 Å². The molecule has 4 heteroatoms. The summed E-state index contributed by atoms with van der Waals surface area (Å²) >= 11 is 0. The van der Waals surface area contributed by atoms with Gasteiger partial charge < -0.3 is 15.4 Å². The molecule has 4 nitrogen and oxygen atoms in total. The molecule has 0 spiro atoms. The summed E-state index contributed by atoms with van der Waals surface area (Å²) < 4.78 is 5.84. The molecule has 1 aliphatic rings. The largest absolute Gasteiger partial charge is 0.470 e. The van der Waals surface area contributed by atoms with Gasteiger partial charge in [-0.2, -0.15) is 4.98 Å². The second kappa shape index (κ2) is 5.27. The summed E-state index contributed by atoms with van der Waals surface area (Å²) in [5.41, 5.74) is 6.27. The van der Waals surface area contributed by atoms with Gasteiger partial charge in [0.1, 0.15) is 11.4 Å². The van der Waals surface area contributed by atoms with E-state index in [2.05, 4.69) is 16.8 Å². The molecule has 1 aromatic rings. The summed E-state index contributed by atoms with van der Waals surface area (Å²) in [7, 11) is 0. The van der Waals surface area contributed by atoms with E-state index in [-0.39, 0.29) is 5.60 Å². The number of hydrogen-bond donors (Lipinski definition) is 1. The Morgan fingerprint density at radius 1 is 1.32 bits per heavy atom. The van der Waals surface area contributed by atoms with E-state index >= 15 is 0 Å². The number of rotatable bonds is 2. The number of aromatic nitrogens is 1. The summed E-state index contributed by atoms with van der Waals surface area (Å²) in [6.45, 7) is 9.33. The standard InChI is InChI=1S/C15H25N3O/c1-11-7-5-6-10-18(11)13-9-8-12(16)14(17-13)19-15(2,3)4/h8-9,11H,5-7,10,16H2,1-4H3. The van der Waals surface area contributed by atoms with Crippen LogP contribution in [-0.4, -0.2) is 23.2 Å². The first-order valence-corrected chi connectivity index (χ1v) is 7.09. The van der Waals surface area contributed by atoms with Crippen molar-refractivity contribution in [1.29, 1.82) is 0 Å². The predicted molar refractivity (Wildman–Crippen MR) is 79.7 cm³/mol. The molecule has 19 heavy (non-hydrogen) atoms. The van der Waals surface area contributed by atoms with Crippen LogP contribution in [0.4, 0.5) is 11.5 Å². The molecule has 2 N–H and O–H groups in total. The minimum absolute atomic E-state index is 0.284. The monoisotopic (exact) mass is 263 g/mol. The number of nitrogen functional groups attached to an aromatic ring is 1. The Kier molecular flexibility index (Phi) is 3.88. The van der Waals surface area contributed by atoms with Crippen LogP contribution in [0, 0.1) is 0 Å². The van der Waals surface area contributed by atoms with Crippen LogP contribution in [0.5, 0.6) is 5.88 Å². The van der Waals surface area contributed by atoms with Crippen molar-refractivity contribution >= 4 is 11.5 Å². The van der Waals surface area contributed by atoms with Crippen LogP contribution >= 0.6 is 0 Å². The number of pyridine rings is 1. The number of anilines is 2. The summed E-state index contributed by atoms with van der Waals surface area (Å²) in [6, 6.07) is 4.42. The van der Waals surface area contributed by atoms with Crippen LogP contribution in [0.3, 0.4) is 0 Å². The second-order valence-electron chi connectivity index (χ2n) is 6.32. The van der Waals surface area contributed by atoms with E-state index in [0.717, 1.165) is 12.4 Å². The normalized spacial score (nSPS) is 20.4. The molecule has 1 fully saturated rings. The van der Waals surface area contributed by atoms with Crippen LogP contribution < -0.4 is 15.4 Å². The Hall–Kier alpha value is -1.45. The maximum Gasteiger partial charge on any atom is 0.239 e. The molecule has 106 valence electrons. The van der Waals surface area contributed by atoms with E-state index in [0.29, 0.717) is 17.6 Å². The first-order valence-electron chi connectivity index (χ1n) is 7.09. The predicted octanol–water partition coefficient (Wildman–Crippen LogP) is 3.22. The third-order valence-corrected chi connectivity index (χ3v) is 3.38. The lowest BCUT2D eigenvalue weighted by Crippen LogP contribution is -2.38. The number of ether oxygens (including phenoxy) is 1. The molecule has 0 amide bonds. The molecular formula is C15H25N3O. The van der Waals surface area contributed by atoms with Crippen LogP contribution in [-0.2, 0) is 0 Å². The van der Waals surface area contributed by atoms with E-state index in [1.165, 1.54) is 19.3 Å². The number of hydrogen-bond acceptors (Lipinski definition) is 4. The highest BCUT2D eigenvalue weighted by molar-refractivity contribution is 5.55. The fraction of sp³-hybridized carbons (Fsp3) is 0.667. The molecule has 1 unspecified atom stereocenters. The molecule has 0 aliphatic carbocycles. The molecular weight excluding hydrogens is 238 g/mol. The molecule has 0 aromatic carbocycles. The third-order valence-electron chi connectivity index (χ3n) is 3.38. The summed E-state index contributed by atoms with van der Waals surface area (Å²) in [5, 5.41) is 0. The van der Waals surface area contributed by atoms with Crippen molar-refractivity contribution in [2.45, 2.75) is 58.6 Å². The topological polar surface area (TPSA) is 51.4 Å². The van der Waals surface area contributed by atoms with Crippen molar-refractivity contribution in [3.63, 3.8) is 0 Å². The highest BCUT2D eigenvalue weighted by Gasteiger charge is 2.22. The van der Waals surface area contributed by atoms with Gasteiger partial charge in [0, 0.05) is 12.6 Å². The summed E-state index contributed by atoms with van der Waals surface area (Å²) in [6.07, 6.45) is 3.76. The van der Waals surface area contributed by atoms with Gasteiger partial charge in [-0.3, -0.25) is 0 Å². The Morgan fingerprint density at radius 2 is 2.05 bits per heavy atom. The van der Waals surface area contributed by atoms with Gasteiger partial charge in [0.2, 0.25) is 5.88 Å². The molecule has 0 saturated carbocycles. The highest BCUT2D eigenvalue weighted by atomic mass is 16.5. The average Bonchev–Trinajstić information content (AvgIpc) is 2.31. The van der Waals surface area contributed by atoms with Gasteiger partial charge >= 0.3 is 0 Å². The van der Waals surface area contributed by atoms with Gasteiger partial charge in [-0.1, -0.05) is 0 Å². The Balaban J connectivity index is 2.24. The molecule has 0 bridgehead atoms. The van der Waals surface area contributed by atoms with Gasteiger partial charge in [-0.25, -0.2) is 0 Å². The number of nitrogens with zero attached hydrogens (tertiary/aromatic N) is 2. The summed E-state index contributed by atoms with van der Waals surface area (Å²) in [4.78, 5) is 6.96. The average molecular weight is 263 g/mol. The molecule has 1 aliphatic heterocycles. The zero-order valence-electron chi connectivity index (χ0n) is 12.4. The van der Waals surface area contributed by atoms with Crippen molar-refractivity contribution in [3.8, 4) is 5.88 Å². The maximum absolute atomic E-state index is 5.95. The zero-order valence-corrected chi connectivity index (χ0v) is 12.4. The maximum atomic E-state index is 5.95. The third kappa shape index (κ3) is 3.52. The summed E-state index contributed by atoms with van der Waals surface area (Å²) in [5.74, 6) is 1.52. The van der Waals surface area contributed by atoms with Crippen molar-refractivity contribution in [1.82, 2.24) is 4.98 Å².